The van der Waals surface area contributed by atoms with Gasteiger partial charge in [0.05, 0.1) is 0 Å². The molecule has 0 amide bonds. The van der Waals surface area contributed by atoms with E-state index in [9.17, 15) is 4.79 Å². The van der Waals surface area contributed by atoms with Crippen LogP contribution in [0.15, 0.2) is 24.3 Å². The van der Waals surface area contributed by atoms with Crippen LogP contribution in [0.2, 0.25) is 0 Å². The lowest BCUT2D eigenvalue weighted by Gasteiger charge is -2.07. The summed E-state index contributed by atoms with van der Waals surface area (Å²) in [7, 11) is 1.68. The Hall–Kier alpha value is -1.59. The maximum Gasteiger partial charge on any atom is 0.341 e. The number of nitrogens with one attached hydrogen (secondary N) is 1. The first kappa shape index (κ1) is 14.5. The molecule has 1 aromatic carbocycles. The highest BCUT2D eigenvalue weighted by molar-refractivity contribution is 5.68. The summed E-state index contributed by atoms with van der Waals surface area (Å²) in [5.41, 5.74) is 1.07. The van der Waals surface area contributed by atoms with Crippen LogP contribution in [0, 0.1) is 0 Å². The van der Waals surface area contributed by atoms with Crippen molar-refractivity contribution in [1.29, 1.82) is 0 Å². The third kappa shape index (κ3) is 6.22. The Labute approximate surface area is 107 Å². The fraction of sp³-hybridized carbons (Fsp3) is 0.462. The van der Waals surface area contributed by atoms with Gasteiger partial charge in [0.1, 0.15) is 5.75 Å². The third-order valence-electron chi connectivity index (χ3n) is 2.29. The van der Waals surface area contributed by atoms with Gasteiger partial charge in [-0.25, -0.2) is 4.79 Å². The lowest BCUT2D eigenvalue weighted by molar-refractivity contribution is -0.139. The van der Waals surface area contributed by atoms with Gasteiger partial charge in [0.15, 0.2) is 6.61 Å². The molecule has 0 aromatic heterocycles. The number of carboxylic acids is 1. The number of carboxylic acid groups (broad SMARTS) is 1. The van der Waals surface area contributed by atoms with Crippen LogP contribution in [-0.2, 0) is 16.1 Å². The van der Waals surface area contributed by atoms with Gasteiger partial charge < -0.3 is 19.9 Å². The Morgan fingerprint density at radius 1 is 1.44 bits per heavy atom. The molecule has 2 N–H and O–H groups in total. The topological polar surface area (TPSA) is 67.8 Å². The molecule has 0 aliphatic carbocycles. The SMILES string of the molecule is COCCCNCc1cccc(OCC(=O)O)c1. The highest BCUT2D eigenvalue weighted by atomic mass is 16.5. The fourth-order valence-electron chi connectivity index (χ4n) is 1.46. The van der Waals surface area contributed by atoms with E-state index < -0.39 is 5.97 Å². The number of rotatable bonds is 9. The Morgan fingerprint density at radius 3 is 3.00 bits per heavy atom. The first-order chi connectivity index (χ1) is 8.72. The lowest BCUT2D eigenvalue weighted by Crippen LogP contribution is -2.16. The van der Waals surface area contributed by atoms with Crippen LogP contribution in [0.5, 0.6) is 5.75 Å². The van der Waals surface area contributed by atoms with Crippen LogP contribution in [0.1, 0.15) is 12.0 Å². The molecule has 5 heteroatoms. The molecule has 0 heterocycles. The predicted octanol–water partition coefficient (Wildman–Crippen LogP) is 1.28. The third-order valence-corrected chi connectivity index (χ3v) is 2.29. The maximum atomic E-state index is 10.4. The first-order valence-corrected chi connectivity index (χ1v) is 5.85. The second-order valence-corrected chi connectivity index (χ2v) is 3.85. The zero-order valence-electron chi connectivity index (χ0n) is 10.5. The lowest BCUT2D eigenvalue weighted by atomic mass is 10.2. The molecule has 5 nitrogen and oxygen atoms in total. The summed E-state index contributed by atoms with van der Waals surface area (Å²) in [5, 5.41) is 11.8. The summed E-state index contributed by atoms with van der Waals surface area (Å²) < 4.78 is 10.1. The Morgan fingerprint density at radius 2 is 2.28 bits per heavy atom. The van der Waals surface area contributed by atoms with Crippen molar-refractivity contribution in [3.05, 3.63) is 29.8 Å². The minimum Gasteiger partial charge on any atom is -0.482 e. The van der Waals surface area contributed by atoms with E-state index in [2.05, 4.69) is 5.32 Å². The number of hydrogen-bond donors (Lipinski definition) is 2. The van der Waals surface area contributed by atoms with Crippen LogP contribution in [0.4, 0.5) is 0 Å². The largest absolute Gasteiger partial charge is 0.482 e. The van der Waals surface area contributed by atoms with Crippen molar-refractivity contribution >= 4 is 5.97 Å². The molecule has 0 fully saturated rings. The monoisotopic (exact) mass is 253 g/mol. The van der Waals surface area contributed by atoms with E-state index in [1.54, 1.807) is 13.2 Å². The minimum atomic E-state index is -0.974. The van der Waals surface area contributed by atoms with Crippen molar-refractivity contribution in [2.24, 2.45) is 0 Å². The van der Waals surface area contributed by atoms with E-state index >= 15 is 0 Å². The normalized spacial score (nSPS) is 10.3. The number of carbonyl (C=O) groups is 1. The van der Waals surface area contributed by atoms with E-state index in [0.717, 1.165) is 31.7 Å². The molecule has 0 unspecified atom stereocenters. The molecule has 0 saturated carbocycles. The molecule has 1 aromatic rings. The highest BCUT2D eigenvalue weighted by Crippen LogP contribution is 2.13. The fourth-order valence-corrected chi connectivity index (χ4v) is 1.46. The van der Waals surface area contributed by atoms with E-state index in [4.69, 9.17) is 14.6 Å². The van der Waals surface area contributed by atoms with Gasteiger partial charge in [0, 0.05) is 20.3 Å². The number of aliphatic carboxylic acids is 1. The quantitative estimate of drug-likeness (QED) is 0.649. The second kappa shape index (κ2) is 8.49. The van der Waals surface area contributed by atoms with Gasteiger partial charge in [0.25, 0.3) is 0 Å². The first-order valence-electron chi connectivity index (χ1n) is 5.85. The molecule has 1 rings (SSSR count). The number of methoxy groups -OCH3 is 1. The highest BCUT2D eigenvalue weighted by Gasteiger charge is 2.00. The Balaban J connectivity index is 2.32. The molecule has 0 atom stereocenters. The summed E-state index contributed by atoms with van der Waals surface area (Å²) >= 11 is 0. The van der Waals surface area contributed by atoms with E-state index in [1.807, 2.05) is 18.2 Å². The Kier molecular flexibility index (Phi) is 6.83. The summed E-state index contributed by atoms with van der Waals surface area (Å²) in [4.78, 5) is 10.4. The molecule has 0 spiro atoms. The van der Waals surface area contributed by atoms with Gasteiger partial charge in [-0.2, -0.15) is 0 Å². The maximum absolute atomic E-state index is 10.4. The van der Waals surface area contributed by atoms with Crippen LogP contribution in [-0.4, -0.2) is 37.9 Å². The van der Waals surface area contributed by atoms with Gasteiger partial charge in [-0.1, -0.05) is 12.1 Å². The Bertz CT molecular complexity index is 368. The van der Waals surface area contributed by atoms with Crippen molar-refractivity contribution in [1.82, 2.24) is 5.32 Å². The number of hydrogen-bond acceptors (Lipinski definition) is 4. The average Bonchev–Trinajstić information content (AvgIpc) is 2.37. The van der Waals surface area contributed by atoms with Crippen molar-refractivity contribution in [3.8, 4) is 5.75 Å². The molecular weight excluding hydrogens is 234 g/mol. The van der Waals surface area contributed by atoms with Crippen LogP contribution in [0.25, 0.3) is 0 Å². The number of ether oxygens (including phenoxy) is 2. The van der Waals surface area contributed by atoms with E-state index in [0.29, 0.717) is 5.75 Å². The van der Waals surface area contributed by atoms with Gasteiger partial charge in [-0.05, 0) is 30.7 Å². The minimum absolute atomic E-state index is 0.315. The summed E-state index contributed by atoms with van der Waals surface area (Å²) in [6.07, 6.45) is 0.964. The zero-order valence-corrected chi connectivity index (χ0v) is 10.5. The van der Waals surface area contributed by atoms with E-state index in [1.165, 1.54) is 0 Å². The standard InChI is InChI=1S/C13H19NO4/c1-17-7-3-6-14-9-11-4-2-5-12(8-11)18-10-13(15)16/h2,4-5,8,14H,3,6-7,9-10H2,1H3,(H,15,16). The van der Waals surface area contributed by atoms with Crippen molar-refractivity contribution in [2.45, 2.75) is 13.0 Å². The molecule has 0 aliphatic rings. The summed E-state index contributed by atoms with van der Waals surface area (Å²) in [6.45, 7) is 2.04. The van der Waals surface area contributed by atoms with Gasteiger partial charge in [0.2, 0.25) is 0 Å². The molecular formula is C13H19NO4. The summed E-state index contributed by atoms with van der Waals surface area (Å²) in [5.74, 6) is -0.397. The van der Waals surface area contributed by atoms with Crippen molar-refractivity contribution in [2.75, 3.05) is 26.9 Å². The molecule has 100 valence electrons. The zero-order chi connectivity index (χ0) is 13.2. The van der Waals surface area contributed by atoms with Gasteiger partial charge in [-0.15, -0.1) is 0 Å². The number of benzene rings is 1. The molecule has 18 heavy (non-hydrogen) atoms. The predicted molar refractivity (Wildman–Crippen MR) is 67.8 cm³/mol. The summed E-state index contributed by atoms with van der Waals surface area (Å²) in [6, 6.07) is 7.41. The molecule has 0 saturated heterocycles. The van der Waals surface area contributed by atoms with Crippen LogP contribution >= 0.6 is 0 Å². The molecule has 0 radical (unpaired) electrons. The molecule has 0 bridgehead atoms. The van der Waals surface area contributed by atoms with Crippen LogP contribution < -0.4 is 10.1 Å². The van der Waals surface area contributed by atoms with Crippen molar-refractivity contribution in [3.63, 3.8) is 0 Å². The molecule has 0 aliphatic heterocycles. The van der Waals surface area contributed by atoms with Crippen LogP contribution in [0.3, 0.4) is 0 Å². The van der Waals surface area contributed by atoms with E-state index in [-0.39, 0.29) is 6.61 Å². The second-order valence-electron chi connectivity index (χ2n) is 3.85. The van der Waals surface area contributed by atoms with Gasteiger partial charge >= 0.3 is 5.97 Å². The smallest absolute Gasteiger partial charge is 0.341 e. The van der Waals surface area contributed by atoms with Crippen molar-refractivity contribution < 1.29 is 19.4 Å². The van der Waals surface area contributed by atoms with Gasteiger partial charge in [-0.3, -0.25) is 0 Å². The average molecular weight is 253 g/mol.